The maximum atomic E-state index is 12.9. The Labute approximate surface area is 92.9 Å². The van der Waals surface area contributed by atoms with Crippen molar-refractivity contribution < 1.29 is 34.6 Å². The van der Waals surface area contributed by atoms with Gasteiger partial charge in [0.05, 0.1) is 6.61 Å². The Kier molecular flexibility index (Phi) is 3.72. The molecule has 0 N–H and O–H groups in total. The van der Waals surface area contributed by atoms with E-state index in [-0.39, 0.29) is 0 Å². The molecule has 1 aromatic carbocycles. The van der Waals surface area contributed by atoms with Gasteiger partial charge in [-0.1, -0.05) is 0 Å². The third kappa shape index (κ3) is 3.37. The van der Waals surface area contributed by atoms with Gasteiger partial charge in [0.25, 0.3) is 0 Å². The van der Waals surface area contributed by atoms with Gasteiger partial charge in [-0.25, -0.2) is 8.78 Å². The van der Waals surface area contributed by atoms with Crippen LogP contribution in [0.2, 0.25) is 0 Å². The molecule has 1 aromatic rings. The summed E-state index contributed by atoms with van der Waals surface area (Å²) in [5.41, 5.74) is -6.23. The molecule has 0 atom stereocenters. The second-order valence-electron chi connectivity index (χ2n) is 2.90. The molecule has 0 amide bonds. The molecular formula is C8H5F5O3S. The fraction of sp³-hybridized carbons (Fsp3) is 0.250. The lowest BCUT2D eigenvalue weighted by Gasteiger charge is -2.08. The van der Waals surface area contributed by atoms with Gasteiger partial charge in [0, 0.05) is 5.56 Å². The van der Waals surface area contributed by atoms with E-state index in [9.17, 15) is 30.4 Å². The Hall–Kier alpha value is -1.22. The van der Waals surface area contributed by atoms with Crippen LogP contribution < -0.4 is 0 Å². The van der Waals surface area contributed by atoms with Crippen molar-refractivity contribution in [3.05, 3.63) is 35.4 Å². The molecule has 0 fully saturated rings. The molecule has 0 saturated carbocycles. The minimum absolute atomic E-state index is 0.543. The number of alkyl halides is 3. The molecule has 9 heteroatoms. The van der Waals surface area contributed by atoms with Gasteiger partial charge in [-0.15, -0.1) is 0 Å². The summed E-state index contributed by atoms with van der Waals surface area (Å²) in [6.45, 7) is -1.23. The molecule has 0 unspecified atom stereocenters. The molecule has 1 rings (SSSR count). The second-order valence-corrected chi connectivity index (χ2v) is 4.50. The van der Waals surface area contributed by atoms with E-state index in [2.05, 4.69) is 4.18 Å². The summed E-state index contributed by atoms with van der Waals surface area (Å²) >= 11 is 0. The molecule has 0 radical (unpaired) electrons. The third-order valence-corrected chi connectivity index (χ3v) is 2.66. The summed E-state index contributed by atoms with van der Waals surface area (Å²) in [5.74, 6) is -1.99. The minimum atomic E-state index is -5.81. The summed E-state index contributed by atoms with van der Waals surface area (Å²) in [5, 5.41) is 0. The molecule has 17 heavy (non-hydrogen) atoms. The van der Waals surface area contributed by atoms with Crippen LogP contribution in [0.1, 0.15) is 5.56 Å². The van der Waals surface area contributed by atoms with Crippen LogP contribution in [0, 0.1) is 11.6 Å². The topological polar surface area (TPSA) is 43.4 Å². The standard InChI is InChI=1S/C8H5F5O3S/c9-6-1-2-7(10)5(3-6)4-16-17(14,15)8(11,12)13/h1-3H,4H2. The van der Waals surface area contributed by atoms with Crippen LogP contribution in [0.4, 0.5) is 22.0 Å². The van der Waals surface area contributed by atoms with Gasteiger partial charge >= 0.3 is 15.6 Å². The van der Waals surface area contributed by atoms with Gasteiger partial charge in [-0.3, -0.25) is 4.18 Å². The Morgan fingerprint density at radius 3 is 2.29 bits per heavy atom. The molecule has 0 saturated heterocycles. The molecule has 0 aliphatic carbocycles. The largest absolute Gasteiger partial charge is 0.523 e. The van der Waals surface area contributed by atoms with E-state index in [1.807, 2.05) is 0 Å². The van der Waals surface area contributed by atoms with Crippen molar-refractivity contribution in [1.29, 1.82) is 0 Å². The summed E-state index contributed by atoms with van der Waals surface area (Å²) in [6, 6.07) is 1.92. The fourth-order valence-electron chi connectivity index (χ4n) is 0.862. The Morgan fingerprint density at radius 2 is 1.76 bits per heavy atom. The van der Waals surface area contributed by atoms with Crippen molar-refractivity contribution in [1.82, 2.24) is 0 Å². The Morgan fingerprint density at radius 1 is 1.18 bits per heavy atom. The van der Waals surface area contributed by atoms with Crippen LogP contribution in [0.5, 0.6) is 0 Å². The number of hydrogen-bond donors (Lipinski definition) is 0. The van der Waals surface area contributed by atoms with E-state index in [0.29, 0.717) is 12.1 Å². The first-order chi connectivity index (χ1) is 7.63. The molecule has 0 bridgehead atoms. The lowest BCUT2D eigenvalue weighted by atomic mass is 10.2. The molecular weight excluding hydrogens is 271 g/mol. The van der Waals surface area contributed by atoms with Crippen LogP contribution in [0.15, 0.2) is 18.2 Å². The molecule has 96 valence electrons. The lowest BCUT2D eigenvalue weighted by molar-refractivity contribution is -0.0548. The number of hydrogen-bond acceptors (Lipinski definition) is 3. The zero-order chi connectivity index (χ0) is 13.3. The van der Waals surface area contributed by atoms with Crippen molar-refractivity contribution in [2.45, 2.75) is 12.1 Å². The van der Waals surface area contributed by atoms with Crippen molar-refractivity contribution in [2.24, 2.45) is 0 Å². The maximum Gasteiger partial charge on any atom is 0.523 e. The van der Waals surface area contributed by atoms with E-state index in [1.54, 1.807) is 0 Å². The normalized spacial score (nSPS) is 12.8. The highest BCUT2D eigenvalue weighted by Gasteiger charge is 2.47. The monoisotopic (exact) mass is 276 g/mol. The molecule has 0 spiro atoms. The van der Waals surface area contributed by atoms with E-state index in [4.69, 9.17) is 0 Å². The maximum absolute atomic E-state index is 12.9. The SMILES string of the molecule is O=S(=O)(OCc1cc(F)ccc1F)C(F)(F)F. The average molecular weight is 276 g/mol. The Balaban J connectivity index is 2.85. The number of benzene rings is 1. The molecule has 0 aliphatic rings. The summed E-state index contributed by atoms with van der Waals surface area (Å²) in [6.07, 6.45) is 0. The van der Waals surface area contributed by atoms with E-state index < -0.39 is 39.4 Å². The Bertz CT molecular complexity index is 508. The van der Waals surface area contributed by atoms with Crippen LogP contribution in [0.25, 0.3) is 0 Å². The predicted octanol–water partition coefficient (Wildman–Crippen LogP) is 2.33. The molecule has 0 aromatic heterocycles. The van der Waals surface area contributed by atoms with Gasteiger partial charge < -0.3 is 0 Å². The fourth-order valence-corrected chi connectivity index (χ4v) is 1.28. The van der Waals surface area contributed by atoms with Gasteiger partial charge in [-0.05, 0) is 18.2 Å². The van der Waals surface area contributed by atoms with Crippen LogP contribution in [-0.4, -0.2) is 13.9 Å². The van der Waals surface area contributed by atoms with Crippen LogP contribution in [-0.2, 0) is 20.9 Å². The third-order valence-electron chi connectivity index (χ3n) is 1.66. The van der Waals surface area contributed by atoms with Crippen molar-refractivity contribution in [3.63, 3.8) is 0 Å². The van der Waals surface area contributed by atoms with E-state index in [0.717, 1.165) is 6.07 Å². The van der Waals surface area contributed by atoms with Crippen LogP contribution in [0.3, 0.4) is 0 Å². The highest BCUT2D eigenvalue weighted by Crippen LogP contribution is 2.25. The van der Waals surface area contributed by atoms with Crippen molar-refractivity contribution >= 4 is 10.1 Å². The highest BCUT2D eigenvalue weighted by molar-refractivity contribution is 7.87. The van der Waals surface area contributed by atoms with Gasteiger partial charge in [0.2, 0.25) is 0 Å². The first-order valence-corrected chi connectivity index (χ1v) is 5.44. The first kappa shape index (κ1) is 13.8. The number of halogens is 5. The number of rotatable bonds is 3. The lowest BCUT2D eigenvalue weighted by Crippen LogP contribution is -2.25. The van der Waals surface area contributed by atoms with E-state index in [1.165, 1.54) is 0 Å². The summed E-state index contributed by atoms with van der Waals surface area (Å²) in [7, 11) is -5.81. The highest BCUT2D eigenvalue weighted by atomic mass is 32.2. The quantitative estimate of drug-likeness (QED) is 0.483. The zero-order valence-electron chi connectivity index (χ0n) is 7.96. The molecule has 3 nitrogen and oxygen atoms in total. The molecule has 0 aliphatic heterocycles. The van der Waals surface area contributed by atoms with Crippen LogP contribution >= 0.6 is 0 Å². The van der Waals surface area contributed by atoms with Crippen molar-refractivity contribution in [3.8, 4) is 0 Å². The average Bonchev–Trinajstić information content (AvgIpc) is 2.18. The summed E-state index contributed by atoms with van der Waals surface area (Å²) in [4.78, 5) is 0. The second kappa shape index (κ2) is 4.57. The van der Waals surface area contributed by atoms with Gasteiger partial charge in [-0.2, -0.15) is 21.6 Å². The zero-order valence-corrected chi connectivity index (χ0v) is 8.78. The minimum Gasteiger partial charge on any atom is -0.258 e. The summed E-state index contributed by atoms with van der Waals surface area (Å²) < 4.78 is 85.5. The van der Waals surface area contributed by atoms with Gasteiger partial charge in [0.15, 0.2) is 0 Å². The van der Waals surface area contributed by atoms with Crippen molar-refractivity contribution in [2.75, 3.05) is 0 Å². The first-order valence-electron chi connectivity index (χ1n) is 4.03. The predicted molar refractivity (Wildman–Crippen MR) is 46.1 cm³/mol. The van der Waals surface area contributed by atoms with Gasteiger partial charge in [0.1, 0.15) is 11.6 Å². The smallest absolute Gasteiger partial charge is 0.258 e. The van der Waals surface area contributed by atoms with E-state index >= 15 is 0 Å². The molecule has 0 heterocycles.